The second-order valence-electron chi connectivity index (χ2n) is 7.57. The normalized spacial score (nSPS) is 17.8. The first kappa shape index (κ1) is 18.5. The lowest BCUT2D eigenvalue weighted by molar-refractivity contribution is -0.160. The number of benzene rings is 2. The first-order valence-corrected chi connectivity index (χ1v) is 9.81. The molecule has 1 aliphatic carbocycles. The van der Waals surface area contributed by atoms with Gasteiger partial charge in [0.1, 0.15) is 0 Å². The van der Waals surface area contributed by atoms with Crippen molar-refractivity contribution in [3.05, 3.63) is 94.7 Å². The Bertz CT molecular complexity index is 932. The number of aryl methyl sites for hydroxylation is 1. The first-order valence-electron chi connectivity index (χ1n) is 9.81. The molecule has 4 rings (SSSR count). The van der Waals surface area contributed by atoms with Crippen molar-refractivity contribution in [3.8, 4) is 0 Å². The van der Waals surface area contributed by atoms with Crippen molar-refractivity contribution in [1.82, 2.24) is 4.90 Å². The zero-order valence-corrected chi connectivity index (χ0v) is 15.8. The minimum atomic E-state index is -1.88. The molecular weight excluding hydrogens is 350 g/mol. The van der Waals surface area contributed by atoms with E-state index < -0.39 is 11.6 Å². The molecule has 0 spiro atoms. The van der Waals surface area contributed by atoms with Gasteiger partial charge >= 0.3 is 5.97 Å². The fourth-order valence-corrected chi connectivity index (χ4v) is 3.98. The zero-order valence-electron chi connectivity index (χ0n) is 15.8. The third-order valence-electron chi connectivity index (χ3n) is 5.86. The number of carboxylic acids is 1. The van der Waals surface area contributed by atoms with E-state index in [2.05, 4.69) is 17.1 Å². The van der Waals surface area contributed by atoms with Crippen molar-refractivity contribution in [3.63, 3.8) is 0 Å². The SMILES string of the molecule is O=C(O)C(O)(CCc1ccccc1)c1ccc2c(c1)CCN(C1=CC=C1)CC2. The molecule has 2 aliphatic rings. The van der Waals surface area contributed by atoms with Crippen LogP contribution in [0.3, 0.4) is 0 Å². The lowest BCUT2D eigenvalue weighted by Gasteiger charge is -2.26. The molecule has 4 nitrogen and oxygen atoms in total. The highest BCUT2D eigenvalue weighted by atomic mass is 16.4. The first-order chi connectivity index (χ1) is 13.6. The van der Waals surface area contributed by atoms with Crippen LogP contribution in [0.2, 0.25) is 0 Å². The Morgan fingerprint density at radius 1 is 1.04 bits per heavy atom. The molecule has 0 bridgehead atoms. The van der Waals surface area contributed by atoms with Gasteiger partial charge in [0.15, 0.2) is 5.60 Å². The molecule has 1 unspecified atom stereocenters. The van der Waals surface area contributed by atoms with E-state index in [1.54, 1.807) is 6.07 Å². The summed E-state index contributed by atoms with van der Waals surface area (Å²) in [6.45, 7) is 1.86. The van der Waals surface area contributed by atoms with Gasteiger partial charge in [-0.3, -0.25) is 0 Å². The second-order valence-corrected chi connectivity index (χ2v) is 7.57. The van der Waals surface area contributed by atoms with Crippen LogP contribution < -0.4 is 0 Å². The van der Waals surface area contributed by atoms with E-state index in [4.69, 9.17) is 0 Å². The summed E-state index contributed by atoms with van der Waals surface area (Å²) in [6, 6.07) is 15.4. The third kappa shape index (κ3) is 3.60. The second kappa shape index (κ2) is 7.64. The summed E-state index contributed by atoms with van der Waals surface area (Å²) in [5.74, 6) is -1.19. The van der Waals surface area contributed by atoms with E-state index in [0.717, 1.165) is 37.1 Å². The Hall–Kier alpha value is -2.85. The standard InChI is InChI=1S/C24H25NO3/c26-23(27)24(28,14-11-18-5-2-1-3-6-18)21-10-9-19-12-15-25(22-7-4-8-22)16-13-20(19)17-21/h1-10,17,28H,11-16H2,(H,26,27). The number of hydrogen-bond acceptors (Lipinski definition) is 3. The Morgan fingerprint density at radius 2 is 1.75 bits per heavy atom. The van der Waals surface area contributed by atoms with E-state index in [0.29, 0.717) is 12.0 Å². The Morgan fingerprint density at radius 3 is 2.39 bits per heavy atom. The number of aliphatic hydroxyl groups is 1. The molecule has 144 valence electrons. The van der Waals surface area contributed by atoms with Gasteiger partial charge in [0.05, 0.1) is 0 Å². The maximum Gasteiger partial charge on any atom is 0.340 e. The van der Waals surface area contributed by atoms with Gasteiger partial charge in [-0.25, -0.2) is 4.79 Å². The van der Waals surface area contributed by atoms with E-state index in [-0.39, 0.29) is 6.42 Å². The van der Waals surface area contributed by atoms with Crippen LogP contribution >= 0.6 is 0 Å². The van der Waals surface area contributed by atoms with Crippen LogP contribution in [0.4, 0.5) is 0 Å². The molecule has 0 fully saturated rings. The number of rotatable bonds is 6. The summed E-state index contributed by atoms with van der Waals surface area (Å²) in [5, 5.41) is 20.9. The predicted molar refractivity (Wildman–Crippen MR) is 109 cm³/mol. The lowest BCUT2D eigenvalue weighted by Crippen LogP contribution is -2.36. The van der Waals surface area contributed by atoms with Crippen molar-refractivity contribution < 1.29 is 15.0 Å². The Kier molecular flexibility index (Phi) is 5.05. The van der Waals surface area contributed by atoms with Crippen LogP contribution in [0, 0.1) is 0 Å². The fraction of sp³-hybridized carbons (Fsp3) is 0.292. The van der Waals surface area contributed by atoms with Crippen molar-refractivity contribution in [1.29, 1.82) is 0 Å². The highest BCUT2D eigenvalue weighted by Crippen LogP contribution is 2.31. The maximum absolute atomic E-state index is 12.0. The molecule has 1 aliphatic heterocycles. The van der Waals surface area contributed by atoms with Crippen molar-refractivity contribution in [2.75, 3.05) is 13.1 Å². The van der Waals surface area contributed by atoms with Gasteiger partial charge in [-0.15, -0.1) is 0 Å². The molecule has 1 heterocycles. The summed E-state index contributed by atoms with van der Waals surface area (Å²) < 4.78 is 0. The van der Waals surface area contributed by atoms with E-state index >= 15 is 0 Å². The molecule has 2 aromatic rings. The van der Waals surface area contributed by atoms with Crippen LogP contribution in [-0.4, -0.2) is 34.2 Å². The predicted octanol–water partition coefficient (Wildman–Crippen LogP) is 3.45. The summed E-state index contributed by atoms with van der Waals surface area (Å²) in [6.07, 6.45) is 8.72. The summed E-state index contributed by atoms with van der Waals surface area (Å²) in [4.78, 5) is 14.4. The molecule has 0 saturated heterocycles. The minimum Gasteiger partial charge on any atom is -0.479 e. The topological polar surface area (TPSA) is 60.8 Å². The fourth-order valence-electron chi connectivity index (χ4n) is 3.98. The van der Waals surface area contributed by atoms with Crippen LogP contribution in [-0.2, 0) is 29.7 Å². The highest BCUT2D eigenvalue weighted by Gasteiger charge is 2.38. The molecule has 28 heavy (non-hydrogen) atoms. The molecule has 1 atom stereocenters. The summed E-state index contributed by atoms with van der Waals surface area (Å²) in [7, 11) is 0. The monoisotopic (exact) mass is 375 g/mol. The van der Waals surface area contributed by atoms with E-state index in [9.17, 15) is 15.0 Å². The van der Waals surface area contributed by atoms with Gasteiger partial charge in [-0.2, -0.15) is 0 Å². The van der Waals surface area contributed by atoms with Crippen molar-refractivity contribution >= 4 is 5.97 Å². The number of hydrogen-bond donors (Lipinski definition) is 2. The summed E-state index contributed by atoms with van der Waals surface area (Å²) in [5.41, 5.74) is 3.27. The van der Waals surface area contributed by atoms with Crippen LogP contribution in [0.1, 0.15) is 28.7 Å². The number of allylic oxidation sites excluding steroid dienone is 3. The van der Waals surface area contributed by atoms with Crippen LogP contribution in [0.15, 0.2) is 72.5 Å². The largest absolute Gasteiger partial charge is 0.479 e. The average Bonchev–Trinajstić information content (AvgIpc) is 2.88. The molecule has 2 N–H and O–H groups in total. The van der Waals surface area contributed by atoms with Crippen LogP contribution in [0.25, 0.3) is 0 Å². The zero-order chi connectivity index (χ0) is 19.6. The van der Waals surface area contributed by atoms with E-state index in [1.165, 1.54) is 11.3 Å². The molecule has 0 saturated carbocycles. The molecule has 0 amide bonds. The average molecular weight is 375 g/mol. The van der Waals surface area contributed by atoms with E-state index in [1.807, 2.05) is 48.5 Å². The quantitative estimate of drug-likeness (QED) is 0.812. The number of nitrogens with zero attached hydrogens (tertiary/aromatic N) is 1. The van der Waals surface area contributed by atoms with Gasteiger partial charge in [0, 0.05) is 18.8 Å². The number of carbonyl (C=O) groups is 1. The summed E-state index contributed by atoms with van der Waals surface area (Å²) >= 11 is 0. The van der Waals surface area contributed by atoms with Crippen LogP contribution in [0.5, 0.6) is 0 Å². The van der Waals surface area contributed by atoms with Crippen molar-refractivity contribution in [2.24, 2.45) is 0 Å². The van der Waals surface area contributed by atoms with Gasteiger partial charge in [0.2, 0.25) is 0 Å². The third-order valence-corrected chi connectivity index (χ3v) is 5.86. The minimum absolute atomic E-state index is 0.148. The van der Waals surface area contributed by atoms with Gasteiger partial charge in [-0.05, 0) is 60.1 Å². The molecule has 4 heteroatoms. The maximum atomic E-state index is 12.0. The molecule has 2 aromatic carbocycles. The van der Waals surface area contributed by atoms with Crippen molar-refractivity contribution in [2.45, 2.75) is 31.3 Å². The number of aliphatic carboxylic acids is 1. The molecule has 0 aromatic heterocycles. The number of carboxylic acid groups (broad SMARTS) is 1. The lowest BCUT2D eigenvalue weighted by atomic mass is 9.85. The Balaban J connectivity index is 1.55. The van der Waals surface area contributed by atoms with Gasteiger partial charge in [-0.1, -0.05) is 54.6 Å². The van der Waals surface area contributed by atoms with Gasteiger partial charge in [0.25, 0.3) is 0 Å². The van der Waals surface area contributed by atoms with Gasteiger partial charge < -0.3 is 15.1 Å². The molecular formula is C24H25NO3. The Labute approximate surface area is 165 Å². The smallest absolute Gasteiger partial charge is 0.340 e. The molecule has 0 radical (unpaired) electrons. The highest BCUT2D eigenvalue weighted by molar-refractivity contribution is 5.79. The number of fused-ring (bicyclic) bond motifs is 1.